The van der Waals surface area contributed by atoms with Gasteiger partial charge in [0.25, 0.3) is 0 Å². The molecule has 0 radical (unpaired) electrons. The largest absolute Gasteiger partial charge is 0.399 e. The van der Waals surface area contributed by atoms with Crippen LogP contribution in [-0.4, -0.2) is 38.5 Å². The van der Waals surface area contributed by atoms with E-state index in [4.69, 9.17) is 5.73 Å². The predicted octanol–water partition coefficient (Wildman–Crippen LogP) is 2.78. The second-order valence-corrected chi connectivity index (χ2v) is 7.70. The molecule has 0 fully saturated rings. The van der Waals surface area contributed by atoms with Crippen LogP contribution < -0.4 is 11.1 Å². The molecule has 1 aromatic carbocycles. The summed E-state index contributed by atoms with van der Waals surface area (Å²) >= 11 is 2.81. The van der Waals surface area contributed by atoms with Gasteiger partial charge in [-0.25, -0.2) is 4.98 Å². The smallest absolute Gasteiger partial charge is 0.214 e. The number of carbonyl (C=O) groups excluding carboxylic acids is 2. The Kier molecular flexibility index (Phi) is 4.78. The number of imidazole rings is 1. The molecule has 1 aliphatic rings. The highest BCUT2D eigenvalue weighted by atomic mass is 32.2. The van der Waals surface area contributed by atoms with Gasteiger partial charge in [0.15, 0.2) is 17.4 Å². The number of aromatic nitrogens is 3. The lowest BCUT2D eigenvalue weighted by Gasteiger charge is -2.09. The monoisotopic (exact) mass is 397 g/mol. The van der Waals surface area contributed by atoms with E-state index in [0.717, 1.165) is 22.0 Å². The normalized spacial score (nSPS) is 14.0. The minimum absolute atomic E-state index is 0.131. The van der Waals surface area contributed by atoms with Crippen molar-refractivity contribution in [3.8, 4) is 11.3 Å². The standard InChI is InChI=1S/C18H15N5O2S2/c19-12-3-1-11(2-4-12)16-17(23-18(22-16)27-10-21-23)20-7-8-26-15-9-13(24)5-6-14(15)25/h1-6,9-10,20H,7-8,19H2. The first-order valence-corrected chi connectivity index (χ1v) is 10.0. The van der Waals surface area contributed by atoms with Crippen LogP contribution in [0.5, 0.6) is 0 Å². The number of benzene rings is 1. The minimum atomic E-state index is -0.157. The van der Waals surface area contributed by atoms with E-state index in [1.807, 2.05) is 24.3 Å². The summed E-state index contributed by atoms with van der Waals surface area (Å²) in [5.74, 6) is 1.12. The van der Waals surface area contributed by atoms with Crippen molar-refractivity contribution in [1.29, 1.82) is 0 Å². The SMILES string of the molecule is Nc1ccc(-c2nc3scnn3c2NCCSC2=CC(=O)C=CC2=O)cc1. The third-order valence-electron chi connectivity index (χ3n) is 3.90. The quantitative estimate of drug-likeness (QED) is 0.374. The highest BCUT2D eigenvalue weighted by molar-refractivity contribution is 8.04. The second-order valence-electron chi connectivity index (χ2n) is 5.75. The number of nitrogens with one attached hydrogen (secondary N) is 1. The van der Waals surface area contributed by atoms with E-state index in [2.05, 4.69) is 15.4 Å². The molecule has 1 aliphatic carbocycles. The van der Waals surface area contributed by atoms with Gasteiger partial charge in [0.1, 0.15) is 11.2 Å². The molecule has 0 amide bonds. The Morgan fingerprint density at radius 1 is 1.19 bits per heavy atom. The molecule has 0 unspecified atom stereocenters. The summed E-state index contributed by atoms with van der Waals surface area (Å²) in [6, 6.07) is 7.51. The van der Waals surface area contributed by atoms with Gasteiger partial charge in [0.2, 0.25) is 4.96 Å². The van der Waals surface area contributed by atoms with Crippen LogP contribution in [0.2, 0.25) is 0 Å². The van der Waals surface area contributed by atoms with E-state index in [-0.39, 0.29) is 11.6 Å². The van der Waals surface area contributed by atoms with Crippen molar-refractivity contribution in [3.63, 3.8) is 0 Å². The molecule has 0 spiro atoms. The van der Waals surface area contributed by atoms with Gasteiger partial charge in [0.05, 0.1) is 4.91 Å². The maximum atomic E-state index is 11.8. The molecular formula is C18H15N5O2S2. The molecule has 2 heterocycles. The number of carbonyl (C=O) groups is 2. The fourth-order valence-corrected chi connectivity index (χ4v) is 4.08. The zero-order valence-corrected chi connectivity index (χ0v) is 15.7. The first-order chi connectivity index (χ1) is 13.1. The van der Waals surface area contributed by atoms with E-state index in [1.54, 1.807) is 10.0 Å². The molecule has 7 nitrogen and oxygen atoms in total. The molecule has 27 heavy (non-hydrogen) atoms. The summed E-state index contributed by atoms with van der Waals surface area (Å²) < 4.78 is 1.76. The van der Waals surface area contributed by atoms with Crippen molar-refractivity contribution < 1.29 is 9.59 Å². The number of nitrogens with zero attached hydrogens (tertiary/aromatic N) is 3. The number of ketones is 2. The predicted molar refractivity (Wildman–Crippen MR) is 109 cm³/mol. The third kappa shape index (κ3) is 3.64. The van der Waals surface area contributed by atoms with Crippen molar-refractivity contribution in [3.05, 3.63) is 52.9 Å². The Balaban J connectivity index is 1.49. The van der Waals surface area contributed by atoms with Crippen molar-refractivity contribution in [2.45, 2.75) is 0 Å². The van der Waals surface area contributed by atoms with Crippen molar-refractivity contribution in [2.24, 2.45) is 0 Å². The highest BCUT2D eigenvalue weighted by Crippen LogP contribution is 2.30. The number of nitrogen functional groups attached to an aromatic ring is 1. The minimum Gasteiger partial charge on any atom is -0.399 e. The molecule has 4 rings (SSSR count). The molecule has 0 aliphatic heterocycles. The number of thioether (sulfide) groups is 1. The Bertz CT molecular complexity index is 1080. The first kappa shape index (κ1) is 17.5. The molecule has 0 saturated heterocycles. The summed E-state index contributed by atoms with van der Waals surface area (Å²) in [6.07, 6.45) is 3.98. The summed E-state index contributed by atoms with van der Waals surface area (Å²) in [4.78, 5) is 29.1. The molecule has 9 heteroatoms. The zero-order chi connectivity index (χ0) is 18.8. The van der Waals surface area contributed by atoms with E-state index in [0.29, 0.717) is 22.9 Å². The number of nitrogens with two attached hydrogens (primary N) is 1. The first-order valence-electron chi connectivity index (χ1n) is 8.15. The van der Waals surface area contributed by atoms with Gasteiger partial charge in [-0.15, -0.1) is 11.8 Å². The van der Waals surface area contributed by atoms with Crippen LogP contribution in [0.15, 0.2) is 52.9 Å². The van der Waals surface area contributed by atoms with Crippen LogP contribution >= 0.6 is 23.1 Å². The number of anilines is 2. The zero-order valence-electron chi connectivity index (χ0n) is 14.1. The van der Waals surface area contributed by atoms with Crippen molar-refractivity contribution in [2.75, 3.05) is 23.3 Å². The van der Waals surface area contributed by atoms with E-state index in [1.165, 1.54) is 41.3 Å². The Morgan fingerprint density at radius 2 is 2.00 bits per heavy atom. The summed E-state index contributed by atoms with van der Waals surface area (Å²) in [5.41, 5.74) is 9.94. The molecule has 0 atom stereocenters. The lowest BCUT2D eigenvalue weighted by Crippen LogP contribution is -2.10. The molecule has 3 N–H and O–H groups in total. The average Bonchev–Trinajstić information content (AvgIpc) is 3.24. The maximum Gasteiger partial charge on any atom is 0.214 e. The fraction of sp³-hybridized carbons (Fsp3) is 0.111. The summed E-state index contributed by atoms with van der Waals surface area (Å²) in [6.45, 7) is 0.584. The Labute approximate surface area is 163 Å². The Hall–Kier alpha value is -2.91. The van der Waals surface area contributed by atoms with E-state index >= 15 is 0 Å². The van der Waals surface area contributed by atoms with E-state index in [9.17, 15) is 9.59 Å². The fourth-order valence-electron chi connectivity index (χ4n) is 2.63. The lowest BCUT2D eigenvalue weighted by molar-refractivity contribution is -0.114. The number of rotatable bonds is 6. The van der Waals surface area contributed by atoms with Gasteiger partial charge in [-0.1, -0.05) is 23.5 Å². The molecule has 0 bridgehead atoms. The van der Waals surface area contributed by atoms with E-state index < -0.39 is 0 Å². The number of hydrogen-bond acceptors (Lipinski definition) is 8. The van der Waals surface area contributed by atoms with Gasteiger partial charge in [-0.3, -0.25) is 9.59 Å². The van der Waals surface area contributed by atoms with Crippen LogP contribution in [0, 0.1) is 0 Å². The third-order valence-corrected chi connectivity index (χ3v) is 5.61. The van der Waals surface area contributed by atoms with Gasteiger partial charge in [-0.05, 0) is 24.3 Å². The second kappa shape index (κ2) is 7.37. The van der Waals surface area contributed by atoms with Gasteiger partial charge in [0, 0.05) is 29.6 Å². The van der Waals surface area contributed by atoms with Crippen LogP contribution in [0.3, 0.4) is 0 Å². The topological polar surface area (TPSA) is 102 Å². The van der Waals surface area contributed by atoms with Crippen LogP contribution in [0.1, 0.15) is 0 Å². The molecule has 3 aromatic rings. The van der Waals surface area contributed by atoms with Gasteiger partial charge < -0.3 is 11.1 Å². The van der Waals surface area contributed by atoms with Crippen LogP contribution in [0.4, 0.5) is 11.5 Å². The lowest BCUT2D eigenvalue weighted by atomic mass is 10.1. The molecular weight excluding hydrogens is 382 g/mol. The van der Waals surface area contributed by atoms with Gasteiger partial charge >= 0.3 is 0 Å². The maximum absolute atomic E-state index is 11.8. The number of allylic oxidation sites excluding steroid dienone is 4. The molecule has 0 saturated carbocycles. The number of fused-ring (bicyclic) bond motifs is 1. The summed E-state index contributed by atoms with van der Waals surface area (Å²) in [7, 11) is 0. The van der Waals surface area contributed by atoms with Crippen LogP contribution in [-0.2, 0) is 9.59 Å². The van der Waals surface area contributed by atoms with Crippen molar-refractivity contribution >= 4 is 51.1 Å². The van der Waals surface area contributed by atoms with Gasteiger partial charge in [-0.2, -0.15) is 9.61 Å². The van der Waals surface area contributed by atoms with Crippen LogP contribution in [0.25, 0.3) is 16.2 Å². The molecule has 2 aromatic heterocycles. The Morgan fingerprint density at radius 3 is 2.81 bits per heavy atom. The summed E-state index contributed by atoms with van der Waals surface area (Å²) in [5, 5.41) is 7.68. The molecule has 136 valence electrons. The average molecular weight is 397 g/mol. The van der Waals surface area contributed by atoms with Crippen molar-refractivity contribution in [1.82, 2.24) is 14.6 Å². The highest BCUT2D eigenvalue weighted by Gasteiger charge is 2.17. The number of hydrogen-bond donors (Lipinski definition) is 2.